The van der Waals surface area contributed by atoms with E-state index in [9.17, 15) is 4.79 Å². The Balaban J connectivity index is 2.26. The normalized spacial score (nSPS) is 12.6. The zero-order chi connectivity index (χ0) is 12.4. The molecule has 0 saturated carbocycles. The second kappa shape index (κ2) is 4.55. The summed E-state index contributed by atoms with van der Waals surface area (Å²) in [6.45, 7) is 1.91. The highest BCUT2D eigenvalue weighted by molar-refractivity contribution is 5.78. The standard InChI is InChI=1S/C12H16N4O/c1-7-15-10-4-3-8(5-11(10)16-7)9(13)6-12(17)14-2/h3-5,9H,6,13H2,1-2H3,(H,14,17)(H,15,16). The van der Waals surface area contributed by atoms with Crippen molar-refractivity contribution in [3.63, 3.8) is 0 Å². The predicted octanol–water partition coefficient (Wildman–Crippen LogP) is 1.01. The van der Waals surface area contributed by atoms with Crippen molar-refractivity contribution in [2.75, 3.05) is 7.05 Å². The molecule has 90 valence electrons. The van der Waals surface area contributed by atoms with E-state index in [-0.39, 0.29) is 18.4 Å². The van der Waals surface area contributed by atoms with Gasteiger partial charge in [-0.25, -0.2) is 4.98 Å². The molecule has 1 unspecified atom stereocenters. The predicted molar refractivity (Wildman–Crippen MR) is 66.4 cm³/mol. The number of nitrogens with two attached hydrogens (primary N) is 1. The van der Waals surface area contributed by atoms with E-state index in [1.807, 2.05) is 25.1 Å². The van der Waals surface area contributed by atoms with E-state index >= 15 is 0 Å². The minimum atomic E-state index is -0.289. The number of hydrogen-bond donors (Lipinski definition) is 3. The number of aromatic amines is 1. The van der Waals surface area contributed by atoms with Crippen LogP contribution >= 0.6 is 0 Å². The number of hydrogen-bond acceptors (Lipinski definition) is 3. The lowest BCUT2D eigenvalue weighted by Gasteiger charge is -2.10. The summed E-state index contributed by atoms with van der Waals surface area (Å²) >= 11 is 0. The molecule has 1 heterocycles. The van der Waals surface area contributed by atoms with Gasteiger partial charge in [-0.2, -0.15) is 0 Å². The van der Waals surface area contributed by atoms with E-state index in [1.54, 1.807) is 7.05 Å². The van der Waals surface area contributed by atoms with Crippen molar-refractivity contribution in [1.82, 2.24) is 15.3 Å². The Bertz CT molecular complexity index is 546. The number of carbonyl (C=O) groups is 1. The maximum absolute atomic E-state index is 11.3. The van der Waals surface area contributed by atoms with Crippen LogP contribution in [0.3, 0.4) is 0 Å². The highest BCUT2D eigenvalue weighted by Gasteiger charge is 2.11. The Morgan fingerprint density at radius 1 is 1.59 bits per heavy atom. The monoisotopic (exact) mass is 232 g/mol. The van der Waals surface area contributed by atoms with Gasteiger partial charge in [0.15, 0.2) is 0 Å². The van der Waals surface area contributed by atoms with E-state index in [4.69, 9.17) is 5.73 Å². The molecule has 2 aromatic rings. The topological polar surface area (TPSA) is 83.8 Å². The van der Waals surface area contributed by atoms with Gasteiger partial charge in [-0.1, -0.05) is 6.07 Å². The average Bonchev–Trinajstić information content (AvgIpc) is 2.67. The second-order valence-corrected chi connectivity index (χ2v) is 4.08. The van der Waals surface area contributed by atoms with E-state index in [2.05, 4.69) is 15.3 Å². The quantitative estimate of drug-likeness (QED) is 0.738. The Hall–Kier alpha value is -1.88. The molecule has 1 amide bonds. The SMILES string of the molecule is CNC(=O)CC(N)c1ccc2nc(C)[nH]c2c1. The fraction of sp³-hybridized carbons (Fsp3) is 0.333. The number of aryl methyl sites for hydroxylation is 1. The van der Waals surface area contributed by atoms with Gasteiger partial charge in [-0.3, -0.25) is 4.79 Å². The smallest absolute Gasteiger partial charge is 0.221 e. The number of fused-ring (bicyclic) bond motifs is 1. The summed E-state index contributed by atoms with van der Waals surface area (Å²) in [5, 5.41) is 2.57. The van der Waals surface area contributed by atoms with Crippen molar-refractivity contribution in [2.24, 2.45) is 5.73 Å². The third kappa shape index (κ3) is 2.45. The van der Waals surface area contributed by atoms with Gasteiger partial charge in [0.2, 0.25) is 5.91 Å². The Morgan fingerprint density at radius 3 is 3.06 bits per heavy atom. The van der Waals surface area contributed by atoms with Crippen molar-refractivity contribution in [3.05, 3.63) is 29.6 Å². The average molecular weight is 232 g/mol. The van der Waals surface area contributed by atoms with Gasteiger partial charge >= 0.3 is 0 Å². The molecule has 0 bridgehead atoms. The summed E-state index contributed by atoms with van der Waals surface area (Å²) in [6, 6.07) is 5.49. The summed E-state index contributed by atoms with van der Waals surface area (Å²) in [5.74, 6) is 0.815. The highest BCUT2D eigenvalue weighted by atomic mass is 16.1. The molecule has 1 atom stereocenters. The Labute approximate surface area is 99.4 Å². The number of nitrogens with one attached hydrogen (secondary N) is 2. The molecule has 0 aliphatic rings. The van der Waals surface area contributed by atoms with Crippen LogP contribution in [-0.4, -0.2) is 22.9 Å². The third-order valence-corrected chi connectivity index (χ3v) is 2.74. The van der Waals surface area contributed by atoms with Gasteiger partial charge in [0, 0.05) is 19.5 Å². The first-order valence-corrected chi connectivity index (χ1v) is 5.52. The molecule has 0 saturated heterocycles. The minimum Gasteiger partial charge on any atom is -0.359 e. The molecule has 1 aromatic carbocycles. The second-order valence-electron chi connectivity index (χ2n) is 4.08. The summed E-state index contributed by atoms with van der Waals surface area (Å²) in [7, 11) is 1.61. The molecule has 5 heteroatoms. The molecule has 0 aliphatic carbocycles. The first-order valence-electron chi connectivity index (χ1n) is 5.52. The van der Waals surface area contributed by atoms with Crippen molar-refractivity contribution < 1.29 is 4.79 Å². The van der Waals surface area contributed by atoms with Crippen LogP contribution in [-0.2, 0) is 4.79 Å². The zero-order valence-corrected chi connectivity index (χ0v) is 9.95. The van der Waals surface area contributed by atoms with E-state index in [0.717, 1.165) is 22.4 Å². The van der Waals surface area contributed by atoms with Crippen LogP contribution in [0.4, 0.5) is 0 Å². The highest BCUT2D eigenvalue weighted by Crippen LogP contribution is 2.19. The first-order chi connectivity index (χ1) is 8.10. The third-order valence-electron chi connectivity index (χ3n) is 2.74. The molecular formula is C12H16N4O. The number of carbonyl (C=O) groups excluding carboxylic acids is 1. The Morgan fingerprint density at radius 2 is 2.35 bits per heavy atom. The molecule has 5 nitrogen and oxygen atoms in total. The lowest BCUT2D eigenvalue weighted by molar-refractivity contribution is -0.120. The van der Waals surface area contributed by atoms with Crippen molar-refractivity contribution in [3.8, 4) is 0 Å². The van der Waals surface area contributed by atoms with Gasteiger partial charge in [-0.15, -0.1) is 0 Å². The van der Waals surface area contributed by atoms with Crippen LogP contribution in [0.25, 0.3) is 11.0 Å². The number of imidazole rings is 1. The Kier molecular flexibility index (Phi) is 3.10. The van der Waals surface area contributed by atoms with Crippen molar-refractivity contribution in [2.45, 2.75) is 19.4 Å². The van der Waals surface area contributed by atoms with Crippen LogP contribution in [0.15, 0.2) is 18.2 Å². The summed E-state index contributed by atoms with van der Waals surface area (Å²) in [6.07, 6.45) is 0.287. The molecule has 17 heavy (non-hydrogen) atoms. The maximum atomic E-state index is 11.3. The maximum Gasteiger partial charge on any atom is 0.221 e. The summed E-state index contributed by atoms with van der Waals surface area (Å²) < 4.78 is 0. The molecule has 0 aliphatic heterocycles. The summed E-state index contributed by atoms with van der Waals surface area (Å²) in [4.78, 5) is 18.7. The number of aromatic nitrogens is 2. The van der Waals surface area contributed by atoms with E-state index < -0.39 is 0 Å². The fourth-order valence-electron chi connectivity index (χ4n) is 1.81. The number of benzene rings is 1. The molecule has 0 fully saturated rings. The van der Waals surface area contributed by atoms with Gasteiger partial charge in [-0.05, 0) is 24.6 Å². The van der Waals surface area contributed by atoms with Crippen molar-refractivity contribution in [1.29, 1.82) is 0 Å². The lowest BCUT2D eigenvalue weighted by atomic mass is 10.0. The van der Waals surface area contributed by atoms with Crippen LogP contribution in [0.2, 0.25) is 0 Å². The molecular weight excluding hydrogens is 216 g/mol. The summed E-state index contributed by atoms with van der Waals surface area (Å²) in [5.41, 5.74) is 8.78. The van der Waals surface area contributed by atoms with Crippen LogP contribution in [0.5, 0.6) is 0 Å². The van der Waals surface area contributed by atoms with Crippen LogP contribution in [0.1, 0.15) is 23.9 Å². The van der Waals surface area contributed by atoms with Gasteiger partial charge < -0.3 is 16.0 Å². The molecule has 4 N–H and O–H groups in total. The van der Waals surface area contributed by atoms with Crippen molar-refractivity contribution >= 4 is 16.9 Å². The van der Waals surface area contributed by atoms with Gasteiger partial charge in [0.05, 0.1) is 11.0 Å². The molecule has 0 radical (unpaired) electrons. The molecule has 1 aromatic heterocycles. The van der Waals surface area contributed by atoms with E-state index in [1.165, 1.54) is 0 Å². The minimum absolute atomic E-state index is 0.0570. The van der Waals surface area contributed by atoms with Gasteiger partial charge in [0.25, 0.3) is 0 Å². The first kappa shape index (κ1) is 11.6. The number of nitrogens with zero attached hydrogens (tertiary/aromatic N) is 1. The van der Waals surface area contributed by atoms with Gasteiger partial charge in [0.1, 0.15) is 5.82 Å². The van der Waals surface area contributed by atoms with E-state index in [0.29, 0.717) is 0 Å². The zero-order valence-electron chi connectivity index (χ0n) is 9.95. The van der Waals surface area contributed by atoms with Crippen LogP contribution < -0.4 is 11.1 Å². The molecule has 0 spiro atoms. The number of H-pyrrole nitrogens is 1. The fourth-order valence-corrected chi connectivity index (χ4v) is 1.81. The molecule has 2 rings (SSSR count). The number of rotatable bonds is 3. The number of amides is 1. The van der Waals surface area contributed by atoms with Crippen LogP contribution in [0, 0.1) is 6.92 Å². The largest absolute Gasteiger partial charge is 0.359 e. The lowest BCUT2D eigenvalue weighted by Crippen LogP contribution is -2.24.